The molecule has 1 rings (SSSR count). The molecular weight excluding hydrogens is 190 g/mol. The van der Waals surface area contributed by atoms with E-state index in [9.17, 15) is 4.79 Å². The van der Waals surface area contributed by atoms with Gasteiger partial charge in [0.25, 0.3) is 0 Å². The summed E-state index contributed by atoms with van der Waals surface area (Å²) in [5.74, 6) is 0.00843. The number of amides is 1. The van der Waals surface area contributed by atoms with Crippen molar-refractivity contribution in [3.05, 3.63) is 35.9 Å². The highest BCUT2D eigenvalue weighted by Gasteiger charge is 2.00. The first-order chi connectivity index (χ1) is 7.33. The summed E-state index contributed by atoms with van der Waals surface area (Å²) in [7, 11) is 0. The highest BCUT2D eigenvalue weighted by atomic mass is 16.1. The van der Waals surface area contributed by atoms with Crippen molar-refractivity contribution in [1.29, 1.82) is 5.26 Å². The molecule has 0 fully saturated rings. The summed E-state index contributed by atoms with van der Waals surface area (Å²) < 4.78 is 0. The summed E-state index contributed by atoms with van der Waals surface area (Å²) in [6.45, 7) is 0.449. The molecule has 0 spiro atoms. The molecule has 0 saturated carbocycles. The molecule has 0 aromatic heterocycles. The Balaban J connectivity index is 2.20. The third kappa shape index (κ3) is 4.82. The second-order valence-electron chi connectivity index (χ2n) is 3.24. The van der Waals surface area contributed by atoms with Gasteiger partial charge < -0.3 is 5.32 Å². The predicted molar refractivity (Wildman–Crippen MR) is 58.0 cm³/mol. The standard InChI is InChI=1S/C12H14N2O/c13-9-4-10-14-12(15)8-7-11-5-2-1-3-6-11/h1-3,5-6H,4,7-8,10H2,(H,14,15)/i9+2. The number of nitriles is 1. The molecule has 0 aliphatic carbocycles. The van der Waals surface area contributed by atoms with Crippen molar-refractivity contribution in [3.63, 3.8) is 0 Å². The van der Waals surface area contributed by atoms with Gasteiger partial charge in [-0.2, -0.15) is 5.26 Å². The quantitative estimate of drug-likeness (QED) is 0.741. The van der Waals surface area contributed by atoms with Gasteiger partial charge in [-0.15, -0.1) is 0 Å². The zero-order valence-corrected chi connectivity index (χ0v) is 8.57. The second-order valence-corrected chi connectivity index (χ2v) is 3.24. The Bertz CT molecular complexity index is 340. The fraction of sp³-hybridized carbons (Fsp3) is 0.333. The van der Waals surface area contributed by atoms with Crippen molar-refractivity contribution in [1.82, 2.24) is 5.32 Å². The lowest BCUT2D eigenvalue weighted by Crippen LogP contribution is -2.24. The van der Waals surface area contributed by atoms with Crippen LogP contribution in [0.2, 0.25) is 0 Å². The SMILES string of the molecule is N#[14C]CCNC(=O)CCc1ccccc1. The molecule has 1 amide bonds. The molecule has 3 nitrogen and oxygen atoms in total. The van der Waals surface area contributed by atoms with Crippen molar-refractivity contribution >= 4 is 5.91 Å². The average molecular weight is 204 g/mol. The number of hydrogen-bond acceptors (Lipinski definition) is 2. The van der Waals surface area contributed by atoms with Gasteiger partial charge in [-0.25, -0.2) is 0 Å². The second kappa shape index (κ2) is 6.61. The Morgan fingerprint density at radius 2 is 2.07 bits per heavy atom. The van der Waals surface area contributed by atoms with Crippen molar-refractivity contribution in [3.8, 4) is 6.07 Å². The van der Waals surface area contributed by atoms with Crippen LogP contribution in [-0.2, 0) is 11.2 Å². The number of nitrogens with zero attached hydrogens (tertiary/aromatic N) is 1. The molecule has 0 atom stereocenters. The van der Waals surface area contributed by atoms with Gasteiger partial charge in [0.1, 0.15) is 0 Å². The fourth-order valence-electron chi connectivity index (χ4n) is 1.25. The number of carbonyl (C=O) groups excluding carboxylic acids is 1. The van der Waals surface area contributed by atoms with Crippen LogP contribution in [0.25, 0.3) is 0 Å². The van der Waals surface area contributed by atoms with Gasteiger partial charge in [-0.05, 0) is 12.0 Å². The Morgan fingerprint density at radius 1 is 1.33 bits per heavy atom. The maximum Gasteiger partial charge on any atom is 0.220 e. The monoisotopic (exact) mass is 204 g/mol. The van der Waals surface area contributed by atoms with Crippen LogP contribution < -0.4 is 5.32 Å². The van der Waals surface area contributed by atoms with Crippen LogP contribution >= 0.6 is 0 Å². The molecule has 0 heterocycles. The Kier molecular flexibility index (Phi) is 4.96. The smallest absolute Gasteiger partial charge is 0.220 e. The molecule has 1 N–H and O–H groups in total. The van der Waals surface area contributed by atoms with Crippen molar-refractivity contribution < 1.29 is 4.79 Å². The third-order valence-corrected chi connectivity index (χ3v) is 2.04. The van der Waals surface area contributed by atoms with E-state index in [1.54, 1.807) is 0 Å². The molecule has 1 aromatic carbocycles. The lowest BCUT2D eigenvalue weighted by Gasteiger charge is -2.02. The van der Waals surface area contributed by atoms with Crippen LogP contribution in [0.4, 0.5) is 0 Å². The summed E-state index contributed by atoms with van der Waals surface area (Å²) in [6.07, 6.45) is 1.60. The van der Waals surface area contributed by atoms with Gasteiger partial charge in [0, 0.05) is 13.0 Å². The molecule has 3 heteroatoms. The number of nitrogens with one attached hydrogen (secondary N) is 1. The van der Waals surface area contributed by atoms with E-state index in [1.165, 1.54) is 0 Å². The van der Waals surface area contributed by atoms with Crippen LogP contribution in [0, 0.1) is 11.3 Å². The van der Waals surface area contributed by atoms with E-state index < -0.39 is 0 Å². The summed E-state index contributed by atoms with van der Waals surface area (Å²) in [5.41, 5.74) is 1.16. The highest BCUT2D eigenvalue weighted by molar-refractivity contribution is 5.76. The van der Waals surface area contributed by atoms with E-state index in [2.05, 4.69) is 5.32 Å². The Hall–Kier alpha value is -1.82. The molecule has 0 aliphatic rings. The van der Waals surface area contributed by atoms with E-state index in [0.29, 0.717) is 19.4 Å². The predicted octanol–water partition coefficient (Wildman–Crippen LogP) is 1.65. The van der Waals surface area contributed by atoms with Gasteiger partial charge in [0.2, 0.25) is 5.91 Å². The fourth-order valence-corrected chi connectivity index (χ4v) is 1.25. The number of hydrogen-bond donors (Lipinski definition) is 1. The van der Waals surface area contributed by atoms with E-state index in [1.807, 2.05) is 36.4 Å². The molecule has 0 saturated heterocycles. The molecule has 0 unspecified atom stereocenters. The first kappa shape index (κ1) is 11.3. The topological polar surface area (TPSA) is 52.9 Å². The number of rotatable bonds is 5. The first-order valence-corrected chi connectivity index (χ1v) is 5.00. The van der Waals surface area contributed by atoms with E-state index >= 15 is 0 Å². The minimum absolute atomic E-state index is 0.00843. The van der Waals surface area contributed by atoms with Gasteiger partial charge >= 0.3 is 0 Å². The third-order valence-electron chi connectivity index (χ3n) is 2.04. The summed E-state index contributed by atoms with van der Waals surface area (Å²) in [4.78, 5) is 11.3. The number of carbonyl (C=O) groups is 1. The van der Waals surface area contributed by atoms with Crippen LogP contribution in [0.1, 0.15) is 18.4 Å². The zero-order valence-electron chi connectivity index (χ0n) is 8.57. The largest absolute Gasteiger partial charge is 0.355 e. The van der Waals surface area contributed by atoms with Gasteiger partial charge in [-0.3, -0.25) is 4.79 Å². The lowest BCUT2D eigenvalue weighted by molar-refractivity contribution is -0.121. The van der Waals surface area contributed by atoms with Crippen molar-refractivity contribution in [2.75, 3.05) is 6.54 Å². The van der Waals surface area contributed by atoms with Crippen molar-refractivity contribution in [2.24, 2.45) is 0 Å². The minimum Gasteiger partial charge on any atom is -0.355 e. The summed E-state index contributed by atoms with van der Waals surface area (Å²) >= 11 is 0. The molecule has 15 heavy (non-hydrogen) atoms. The summed E-state index contributed by atoms with van der Waals surface area (Å²) in [6, 6.07) is 11.9. The number of benzene rings is 1. The van der Waals surface area contributed by atoms with Gasteiger partial charge in [0.15, 0.2) is 0 Å². The highest BCUT2D eigenvalue weighted by Crippen LogP contribution is 2.01. The Morgan fingerprint density at radius 3 is 2.73 bits per heavy atom. The minimum atomic E-state index is 0.00843. The summed E-state index contributed by atoms with van der Waals surface area (Å²) in [5, 5.41) is 11.0. The van der Waals surface area contributed by atoms with Crippen LogP contribution in [0.3, 0.4) is 0 Å². The van der Waals surface area contributed by atoms with E-state index in [4.69, 9.17) is 5.26 Å². The maximum atomic E-state index is 11.3. The van der Waals surface area contributed by atoms with E-state index in [-0.39, 0.29) is 5.91 Å². The normalized spacial score (nSPS) is 9.27. The van der Waals surface area contributed by atoms with Crippen LogP contribution in [-0.4, -0.2) is 12.5 Å². The Labute approximate surface area is 89.7 Å². The number of aryl methyl sites for hydroxylation is 1. The molecular formula is C12H14N2O. The van der Waals surface area contributed by atoms with Crippen molar-refractivity contribution in [2.45, 2.75) is 19.3 Å². The van der Waals surface area contributed by atoms with Gasteiger partial charge in [0.05, 0.1) is 12.5 Å². The molecule has 78 valence electrons. The lowest BCUT2D eigenvalue weighted by atomic mass is 10.1. The van der Waals surface area contributed by atoms with E-state index in [0.717, 1.165) is 12.0 Å². The average Bonchev–Trinajstić information content (AvgIpc) is 2.28. The molecule has 0 bridgehead atoms. The zero-order chi connectivity index (χ0) is 10.9. The molecule has 0 radical (unpaired) electrons. The molecule has 0 aliphatic heterocycles. The van der Waals surface area contributed by atoms with Crippen LogP contribution in [0.5, 0.6) is 0 Å². The van der Waals surface area contributed by atoms with Crippen LogP contribution in [0.15, 0.2) is 30.3 Å². The molecule has 1 aromatic rings. The van der Waals surface area contributed by atoms with Gasteiger partial charge in [-0.1, -0.05) is 30.3 Å². The maximum absolute atomic E-state index is 11.3. The first-order valence-electron chi connectivity index (χ1n) is 5.00.